The predicted octanol–water partition coefficient (Wildman–Crippen LogP) is 3.18. The Hall–Kier alpha value is -0.460. The monoisotopic (exact) mass is 169 g/mol. The fourth-order valence-electron chi connectivity index (χ4n) is 0.752. The van der Waals surface area contributed by atoms with Crippen molar-refractivity contribution in [3.63, 3.8) is 0 Å². The zero-order valence-corrected chi connectivity index (χ0v) is 9.09. The molecule has 1 N–H and O–H groups in total. The van der Waals surface area contributed by atoms with E-state index in [0.717, 1.165) is 12.3 Å². The van der Waals surface area contributed by atoms with Crippen LogP contribution >= 0.6 is 0 Å². The molecule has 0 aromatic rings. The molecule has 0 spiro atoms. The molecule has 0 aliphatic carbocycles. The third-order valence-electron chi connectivity index (χ3n) is 2.08. The molecular weight excluding hydrogens is 146 g/mol. The average Bonchev–Trinajstić information content (AvgIpc) is 1.97. The standard InChI is InChI=1S/C11H23N/c1-9(2)7-6-8-12-11(5)10(3)4/h6,8-12H,7H2,1-5H3/b8-6-. The minimum Gasteiger partial charge on any atom is -0.388 e. The molecule has 0 saturated heterocycles. The molecular formula is C11H23N. The molecule has 0 aromatic carbocycles. The van der Waals surface area contributed by atoms with Crippen LogP contribution in [-0.2, 0) is 0 Å². The van der Waals surface area contributed by atoms with Gasteiger partial charge < -0.3 is 5.32 Å². The molecule has 0 fully saturated rings. The van der Waals surface area contributed by atoms with Crippen LogP contribution in [0.2, 0.25) is 0 Å². The molecule has 0 radical (unpaired) electrons. The van der Waals surface area contributed by atoms with Gasteiger partial charge in [0.05, 0.1) is 0 Å². The lowest BCUT2D eigenvalue weighted by Gasteiger charge is -2.15. The van der Waals surface area contributed by atoms with Gasteiger partial charge in [-0.05, 0) is 31.4 Å². The summed E-state index contributed by atoms with van der Waals surface area (Å²) in [5.41, 5.74) is 0. The Morgan fingerprint density at radius 1 is 1.08 bits per heavy atom. The summed E-state index contributed by atoms with van der Waals surface area (Å²) in [6.45, 7) is 11.1. The summed E-state index contributed by atoms with van der Waals surface area (Å²) in [4.78, 5) is 0. The summed E-state index contributed by atoms with van der Waals surface area (Å²) in [5, 5.41) is 3.36. The molecule has 0 aromatic heterocycles. The van der Waals surface area contributed by atoms with E-state index in [9.17, 15) is 0 Å². The van der Waals surface area contributed by atoms with E-state index in [0.29, 0.717) is 12.0 Å². The van der Waals surface area contributed by atoms with Crippen molar-refractivity contribution in [2.75, 3.05) is 0 Å². The third-order valence-corrected chi connectivity index (χ3v) is 2.08. The van der Waals surface area contributed by atoms with E-state index in [1.165, 1.54) is 0 Å². The summed E-state index contributed by atoms with van der Waals surface area (Å²) < 4.78 is 0. The fraction of sp³-hybridized carbons (Fsp3) is 0.818. The van der Waals surface area contributed by atoms with E-state index in [1.807, 2.05) is 0 Å². The van der Waals surface area contributed by atoms with E-state index < -0.39 is 0 Å². The second-order valence-corrected chi connectivity index (χ2v) is 4.23. The first kappa shape index (κ1) is 11.5. The molecule has 0 bridgehead atoms. The number of nitrogens with one attached hydrogen (secondary N) is 1. The number of rotatable bonds is 5. The van der Waals surface area contributed by atoms with Gasteiger partial charge in [-0.15, -0.1) is 0 Å². The lowest BCUT2D eigenvalue weighted by molar-refractivity contribution is 0.472. The first-order valence-corrected chi connectivity index (χ1v) is 4.95. The summed E-state index contributed by atoms with van der Waals surface area (Å²) >= 11 is 0. The Morgan fingerprint density at radius 2 is 1.67 bits per heavy atom. The molecule has 1 heteroatoms. The first-order valence-electron chi connectivity index (χ1n) is 4.95. The zero-order chi connectivity index (χ0) is 9.56. The summed E-state index contributed by atoms with van der Waals surface area (Å²) in [6, 6.07) is 0.577. The Morgan fingerprint density at radius 3 is 2.08 bits per heavy atom. The summed E-state index contributed by atoms with van der Waals surface area (Å²) in [6.07, 6.45) is 5.46. The van der Waals surface area contributed by atoms with Crippen molar-refractivity contribution in [3.8, 4) is 0 Å². The Labute approximate surface area is 77.2 Å². The van der Waals surface area contributed by atoms with Gasteiger partial charge in [0, 0.05) is 6.04 Å². The van der Waals surface area contributed by atoms with Crippen LogP contribution in [-0.4, -0.2) is 6.04 Å². The number of hydrogen-bond acceptors (Lipinski definition) is 1. The van der Waals surface area contributed by atoms with Crippen LogP contribution < -0.4 is 5.32 Å². The van der Waals surface area contributed by atoms with Crippen LogP contribution in [0.5, 0.6) is 0 Å². The van der Waals surface area contributed by atoms with Gasteiger partial charge in [-0.2, -0.15) is 0 Å². The van der Waals surface area contributed by atoms with Crippen molar-refractivity contribution in [2.24, 2.45) is 11.8 Å². The quantitative estimate of drug-likeness (QED) is 0.666. The second kappa shape index (κ2) is 6.10. The summed E-state index contributed by atoms with van der Waals surface area (Å²) in [7, 11) is 0. The van der Waals surface area contributed by atoms with Crippen molar-refractivity contribution in [2.45, 2.75) is 47.1 Å². The lowest BCUT2D eigenvalue weighted by atomic mass is 10.1. The highest BCUT2D eigenvalue weighted by Crippen LogP contribution is 2.01. The van der Waals surface area contributed by atoms with Gasteiger partial charge in [0.25, 0.3) is 0 Å². The van der Waals surface area contributed by atoms with Crippen LogP contribution in [0, 0.1) is 11.8 Å². The maximum atomic E-state index is 3.36. The predicted molar refractivity (Wildman–Crippen MR) is 56.0 cm³/mol. The van der Waals surface area contributed by atoms with Gasteiger partial charge >= 0.3 is 0 Å². The number of allylic oxidation sites excluding steroid dienone is 1. The zero-order valence-electron chi connectivity index (χ0n) is 9.09. The molecule has 72 valence electrons. The van der Waals surface area contributed by atoms with Crippen molar-refractivity contribution >= 4 is 0 Å². The number of hydrogen-bond donors (Lipinski definition) is 1. The van der Waals surface area contributed by atoms with Gasteiger partial charge in [0.1, 0.15) is 0 Å². The van der Waals surface area contributed by atoms with Gasteiger partial charge in [-0.1, -0.05) is 33.8 Å². The molecule has 12 heavy (non-hydrogen) atoms. The van der Waals surface area contributed by atoms with Crippen LogP contribution in [0.4, 0.5) is 0 Å². The second-order valence-electron chi connectivity index (χ2n) is 4.23. The van der Waals surface area contributed by atoms with Gasteiger partial charge in [0.2, 0.25) is 0 Å². The topological polar surface area (TPSA) is 12.0 Å². The normalized spacial score (nSPS) is 14.6. The van der Waals surface area contributed by atoms with E-state index in [4.69, 9.17) is 0 Å². The fourth-order valence-corrected chi connectivity index (χ4v) is 0.752. The molecule has 0 aliphatic heterocycles. The molecule has 1 atom stereocenters. The summed E-state index contributed by atoms with van der Waals surface area (Å²) in [5.74, 6) is 1.46. The molecule has 1 nitrogen and oxygen atoms in total. The smallest absolute Gasteiger partial charge is 0.0250 e. The average molecular weight is 169 g/mol. The van der Waals surface area contributed by atoms with Crippen LogP contribution in [0.1, 0.15) is 41.0 Å². The lowest BCUT2D eigenvalue weighted by Crippen LogP contribution is -2.25. The molecule has 0 amide bonds. The third kappa shape index (κ3) is 6.26. The minimum atomic E-state index is 0.577. The largest absolute Gasteiger partial charge is 0.388 e. The van der Waals surface area contributed by atoms with E-state index in [2.05, 4.69) is 52.2 Å². The van der Waals surface area contributed by atoms with E-state index in [1.54, 1.807) is 0 Å². The Kier molecular flexibility index (Phi) is 5.87. The van der Waals surface area contributed by atoms with Crippen LogP contribution in [0.3, 0.4) is 0 Å². The Bertz CT molecular complexity index is 125. The van der Waals surface area contributed by atoms with E-state index >= 15 is 0 Å². The minimum absolute atomic E-state index is 0.577. The molecule has 0 rings (SSSR count). The SMILES string of the molecule is CC(C)C/C=C\NC(C)C(C)C. The van der Waals surface area contributed by atoms with Crippen molar-refractivity contribution in [1.29, 1.82) is 0 Å². The van der Waals surface area contributed by atoms with Crippen molar-refractivity contribution < 1.29 is 0 Å². The molecule has 0 heterocycles. The molecule has 0 saturated carbocycles. The Balaban J connectivity index is 3.46. The highest BCUT2D eigenvalue weighted by atomic mass is 14.9. The maximum absolute atomic E-state index is 3.36. The van der Waals surface area contributed by atoms with Crippen molar-refractivity contribution in [3.05, 3.63) is 12.3 Å². The maximum Gasteiger partial charge on any atom is 0.0250 e. The van der Waals surface area contributed by atoms with Gasteiger partial charge in [0.15, 0.2) is 0 Å². The van der Waals surface area contributed by atoms with Crippen LogP contribution in [0.25, 0.3) is 0 Å². The first-order chi connectivity index (χ1) is 5.54. The van der Waals surface area contributed by atoms with Crippen molar-refractivity contribution in [1.82, 2.24) is 5.32 Å². The van der Waals surface area contributed by atoms with Gasteiger partial charge in [-0.3, -0.25) is 0 Å². The van der Waals surface area contributed by atoms with Crippen LogP contribution in [0.15, 0.2) is 12.3 Å². The van der Waals surface area contributed by atoms with Gasteiger partial charge in [-0.25, -0.2) is 0 Å². The highest BCUT2D eigenvalue weighted by Gasteiger charge is 2.01. The molecule has 1 unspecified atom stereocenters. The van der Waals surface area contributed by atoms with E-state index in [-0.39, 0.29) is 0 Å². The highest BCUT2D eigenvalue weighted by molar-refractivity contribution is 4.83. The molecule has 0 aliphatic rings.